The number of carbonyl (C=O) groups is 1. The van der Waals surface area contributed by atoms with Crippen LogP contribution in [0.3, 0.4) is 0 Å². The Balaban J connectivity index is 2.06. The fourth-order valence-corrected chi connectivity index (χ4v) is 3.15. The largest absolute Gasteiger partial charge is 0.444 e. The molecule has 24 heavy (non-hydrogen) atoms. The number of hydrogen-bond donors (Lipinski definition) is 3. The number of anilines is 1. The first-order valence-corrected chi connectivity index (χ1v) is 8.54. The van der Waals surface area contributed by atoms with E-state index in [4.69, 9.17) is 14.7 Å². The number of rotatable bonds is 8. The van der Waals surface area contributed by atoms with Crippen LogP contribution in [0, 0.1) is 0 Å². The molecule has 134 valence electrons. The van der Waals surface area contributed by atoms with E-state index in [0.717, 1.165) is 5.56 Å². The van der Waals surface area contributed by atoms with Gasteiger partial charge in [0, 0.05) is 25.8 Å². The zero-order valence-corrected chi connectivity index (χ0v) is 14.4. The van der Waals surface area contributed by atoms with Gasteiger partial charge in [-0.05, 0) is 24.6 Å². The van der Waals surface area contributed by atoms with Crippen molar-refractivity contribution >= 4 is 22.9 Å². The molecule has 1 aliphatic rings. The number of hydroxylamine groups is 1. The third-order valence-corrected chi connectivity index (χ3v) is 5.12. The molecule has 3 atom stereocenters. The topological polar surface area (TPSA) is 108 Å². The number of nitrogens with one attached hydrogen (secondary N) is 1. The zero-order chi connectivity index (χ0) is 17.7. The van der Waals surface area contributed by atoms with Gasteiger partial charge in [0.15, 0.2) is 11.1 Å². The molecular formula is C15H22N2O6S. The standard InChI is InChI=1S/C15H22N2O6S/c1-15(10-16-19,24(20)21)7-13-8-17(14(18)23-13)12-5-3-11(4-6-12)9-22-2/h3-6,13,16,19H,7-10H2,1-2H3,(H,20,21). The van der Waals surface area contributed by atoms with E-state index in [-0.39, 0.29) is 19.5 Å². The highest BCUT2D eigenvalue weighted by Gasteiger charge is 2.40. The van der Waals surface area contributed by atoms with E-state index in [1.54, 1.807) is 26.2 Å². The summed E-state index contributed by atoms with van der Waals surface area (Å²) in [5, 5.41) is 8.85. The maximum atomic E-state index is 12.1. The van der Waals surface area contributed by atoms with Crippen LogP contribution in [0.25, 0.3) is 0 Å². The molecule has 0 radical (unpaired) electrons. The molecule has 1 amide bonds. The van der Waals surface area contributed by atoms with Crippen molar-refractivity contribution in [2.45, 2.75) is 30.8 Å². The second-order valence-corrected chi connectivity index (χ2v) is 7.44. The number of ether oxygens (including phenoxy) is 2. The van der Waals surface area contributed by atoms with Gasteiger partial charge in [0.1, 0.15) is 6.10 Å². The van der Waals surface area contributed by atoms with Gasteiger partial charge in [-0.2, -0.15) is 0 Å². The number of hydrogen-bond acceptors (Lipinski definition) is 6. The maximum Gasteiger partial charge on any atom is 0.414 e. The first kappa shape index (κ1) is 18.8. The Hall–Kier alpha value is -1.52. The van der Waals surface area contributed by atoms with Crippen LogP contribution in [-0.2, 0) is 27.2 Å². The summed E-state index contributed by atoms with van der Waals surface area (Å²) in [5.41, 5.74) is 3.59. The molecule has 1 aromatic rings. The molecule has 0 saturated carbocycles. The average Bonchev–Trinajstić information content (AvgIpc) is 2.88. The molecule has 0 spiro atoms. The summed E-state index contributed by atoms with van der Waals surface area (Å²) >= 11 is -2.18. The van der Waals surface area contributed by atoms with Crippen LogP contribution >= 0.6 is 0 Å². The smallest absolute Gasteiger partial charge is 0.414 e. The fraction of sp³-hybridized carbons (Fsp3) is 0.533. The van der Waals surface area contributed by atoms with E-state index in [1.165, 1.54) is 4.90 Å². The van der Waals surface area contributed by atoms with E-state index >= 15 is 0 Å². The van der Waals surface area contributed by atoms with Gasteiger partial charge >= 0.3 is 6.09 Å². The van der Waals surface area contributed by atoms with Crippen LogP contribution in [0.4, 0.5) is 10.5 Å². The van der Waals surface area contributed by atoms with Gasteiger partial charge in [-0.3, -0.25) is 4.90 Å². The second-order valence-electron chi connectivity index (χ2n) is 5.95. The number of nitrogens with zero attached hydrogens (tertiary/aromatic N) is 1. The molecule has 9 heteroatoms. The lowest BCUT2D eigenvalue weighted by Crippen LogP contribution is -2.44. The van der Waals surface area contributed by atoms with Crippen molar-refractivity contribution < 1.29 is 28.2 Å². The third kappa shape index (κ3) is 4.31. The van der Waals surface area contributed by atoms with Crippen LogP contribution < -0.4 is 10.4 Å². The van der Waals surface area contributed by atoms with E-state index in [9.17, 15) is 13.6 Å². The van der Waals surface area contributed by atoms with Gasteiger partial charge in [-0.1, -0.05) is 12.1 Å². The number of cyclic esters (lactones) is 1. The molecular weight excluding hydrogens is 336 g/mol. The Labute approximate surface area is 143 Å². The van der Waals surface area contributed by atoms with Crippen molar-refractivity contribution in [3.8, 4) is 0 Å². The predicted octanol–water partition coefficient (Wildman–Crippen LogP) is 1.51. The third-order valence-electron chi connectivity index (χ3n) is 3.97. The lowest BCUT2D eigenvalue weighted by molar-refractivity contribution is 0.115. The first-order valence-electron chi connectivity index (χ1n) is 7.43. The van der Waals surface area contributed by atoms with Gasteiger partial charge in [0.25, 0.3) is 0 Å². The molecule has 1 aliphatic heterocycles. The average molecular weight is 358 g/mol. The molecule has 0 bridgehead atoms. The fourth-order valence-electron chi connectivity index (χ4n) is 2.63. The Morgan fingerprint density at radius 2 is 2.12 bits per heavy atom. The minimum Gasteiger partial charge on any atom is -0.444 e. The molecule has 1 saturated heterocycles. The number of methoxy groups -OCH3 is 1. The summed E-state index contributed by atoms with van der Waals surface area (Å²) < 4.78 is 30.2. The van der Waals surface area contributed by atoms with Crippen molar-refractivity contribution in [2.75, 3.05) is 25.1 Å². The van der Waals surface area contributed by atoms with Crippen molar-refractivity contribution in [2.24, 2.45) is 0 Å². The van der Waals surface area contributed by atoms with Gasteiger partial charge in [0.05, 0.1) is 17.9 Å². The normalized spacial score (nSPS) is 21.4. The number of carbonyl (C=O) groups excluding carboxylic acids is 1. The van der Waals surface area contributed by atoms with Crippen molar-refractivity contribution in [1.29, 1.82) is 0 Å². The molecule has 3 unspecified atom stereocenters. The molecule has 1 aromatic carbocycles. The Morgan fingerprint density at radius 3 is 2.67 bits per heavy atom. The SMILES string of the molecule is COCc1ccc(N2CC(CC(C)(CNO)S(=O)O)OC2=O)cc1. The lowest BCUT2D eigenvalue weighted by atomic mass is 10.0. The van der Waals surface area contributed by atoms with Gasteiger partial charge in [0.2, 0.25) is 0 Å². The van der Waals surface area contributed by atoms with Crippen LogP contribution in [0.15, 0.2) is 24.3 Å². The van der Waals surface area contributed by atoms with E-state index in [0.29, 0.717) is 12.3 Å². The number of amides is 1. The summed E-state index contributed by atoms with van der Waals surface area (Å²) in [7, 11) is 1.61. The Morgan fingerprint density at radius 1 is 1.46 bits per heavy atom. The molecule has 3 N–H and O–H groups in total. The van der Waals surface area contributed by atoms with E-state index < -0.39 is 28.0 Å². The molecule has 0 aromatic heterocycles. The summed E-state index contributed by atoms with van der Waals surface area (Å²) in [5.74, 6) is 0. The number of benzene rings is 1. The second kappa shape index (κ2) is 8.04. The molecule has 1 fully saturated rings. The first-order chi connectivity index (χ1) is 11.4. The Bertz CT molecular complexity index is 596. The highest BCUT2D eigenvalue weighted by atomic mass is 32.2. The monoisotopic (exact) mass is 358 g/mol. The highest BCUT2D eigenvalue weighted by Crippen LogP contribution is 2.28. The van der Waals surface area contributed by atoms with Crippen LogP contribution in [0.5, 0.6) is 0 Å². The van der Waals surface area contributed by atoms with E-state index in [2.05, 4.69) is 0 Å². The summed E-state index contributed by atoms with van der Waals surface area (Å²) in [6.07, 6.45) is -0.888. The molecule has 0 aliphatic carbocycles. The van der Waals surface area contributed by atoms with Crippen molar-refractivity contribution in [3.05, 3.63) is 29.8 Å². The van der Waals surface area contributed by atoms with Crippen LogP contribution in [0.2, 0.25) is 0 Å². The maximum absolute atomic E-state index is 12.1. The van der Waals surface area contributed by atoms with Crippen molar-refractivity contribution in [3.63, 3.8) is 0 Å². The highest BCUT2D eigenvalue weighted by molar-refractivity contribution is 7.80. The summed E-state index contributed by atoms with van der Waals surface area (Å²) in [6.45, 7) is 2.22. The minimum atomic E-state index is -2.18. The van der Waals surface area contributed by atoms with Gasteiger partial charge in [-0.25, -0.2) is 14.5 Å². The molecule has 1 heterocycles. The van der Waals surface area contributed by atoms with Crippen molar-refractivity contribution in [1.82, 2.24) is 5.48 Å². The quantitative estimate of drug-likeness (QED) is 0.477. The predicted molar refractivity (Wildman–Crippen MR) is 88.4 cm³/mol. The summed E-state index contributed by atoms with van der Waals surface area (Å²) in [4.78, 5) is 13.6. The van der Waals surface area contributed by atoms with Gasteiger partial charge < -0.3 is 19.2 Å². The summed E-state index contributed by atoms with van der Waals surface area (Å²) in [6, 6.07) is 7.33. The molecule has 2 rings (SSSR count). The Kier molecular flexibility index (Phi) is 6.30. The lowest BCUT2D eigenvalue weighted by Gasteiger charge is -2.26. The van der Waals surface area contributed by atoms with Crippen LogP contribution in [0.1, 0.15) is 18.9 Å². The van der Waals surface area contributed by atoms with Gasteiger partial charge in [-0.15, -0.1) is 0 Å². The van der Waals surface area contributed by atoms with Crippen LogP contribution in [-0.4, -0.2) is 51.1 Å². The molecule has 8 nitrogen and oxygen atoms in total. The zero-order valence-electron chi connectivity index (χ0n) is 13.6. The minimum absolute atomic E-state index is 0.0874. The van der Waals surface area contributed by atoms with E-state index in [1.807, 2.05) is 17.6 Å².